The number of nitrogens with one attached hydrogen (secondary N) is 1. The predicted molar refractivity (Wildman–Crippen MR) is 72.8 cm³/mol. The fraction of sp³-hybridized carbons (Fsp3) is 0.571. The highest BCUT2D eigenvalue weighted by molar-refractivity contribution is 6.31. The first-order chi connectivity index (χ1) is 8.92. The zero-order valence-corrected chi connectivity index (χ0v) is 11.9. The van der Waals surface area contributed by atoms with Gasteiger partial charge in [-0.1, -0.05) is 17.7 Å². The van der Waals surface area contributed by atoms with Gasteiger partial charge in [0.05, 0.1) is 6.10 Å². The third-order valence-electron chi connectivity index (χ3n) is 3.80. The van der Waals surface area contributed by atoms with Crippen molar-refractivity contribution in [2.45, 2.75) is 38.0 Å². The SMILES string of the molecule is CC(NCC1(O)CCOC1C)c1ccc(F)cc1Cl. The van der Waals surface area contributed by atoms with Gasteiger partial charge in [0.1, 0.15) is 11.4 Å². The zero-order valence-electron chi connectivity index (χ0n) is 11.1. The van der Waals surface area contributed by atoms with E-state index in [-0.39, 0.29) is 18.0 Å². The molecule has 3 unspecified atom stereocenters. The minimum absolute atomic E-state index is 0.0649. The van der Waals surface area contributed by atoms with Gasteiger partial charge in [-0.25, -0.2) is 4.39 Å². The molecule has 3 nitrogen and oxygen atoms in total. The third-order valence-corrected chi connectivity index (χ3v) is 4.13. The Morgan fingerprint density at radius 3 is 2.95 bits per heavy atom. The third kappa shape index (κ3) is 3.26. The van der Waals surface area contributed by atoms with Gasteiger partial charge in [0.25, 0.3) is 0 Å². The Kier molecular flexibility index (Phi) is 4.46. The molecule has 1 saturated heterocycles. The summed E-state index contributed by atoms with van der Waals surface area (Å²) >= 11 is 6.02. The Morgan fingerprint density at radius 2 is 2.37 bits per heavy atom. The molecule has 0 bridgehead atoms. The molecule has 0 amide bonds. The van der Waals surface area contributed by atoms with Crippen LogP contribution >= 0.6 is 11.6 Å². The first-order valence-corrected chi connectivity index (χ1v) is 6.82. The van der Waals surface area contributed by atoms with Crippen molar-refractivity contribution < 1.29 is 14.2 Å². The second-order valence-electron chi connectivity index (χ2n) is 5.14. The molecule has 1 fully saturated rings. The summed E-state index contributed by atoms with van der Waals surface area (Å²) in [6.07, 6.45) is 0.432. The normalized spacial score (nSPS) is 28.6. The number of ether oxygens (including phenoxy) is 1. The van der Waals surface area contributed by atoms with Crippen LogP contribution in [0.2, 0.25) is 5.02 Å². The summed E-state index contributed by atoms with van der Waals surface area (Å²) in [5.41, 5.74) is -0.0287. The predicted octanol–water partition coefficient (Wildman–Crippen LogP) is 2.67. The van der Waals surface area contributed by atoms with Crippen LogP contribution in [0.4, 0.5) is 4.39 Å². The Hall–Kier alpha value is -0.680. The molecule has 1 aromatic rings. The molecule has 0 aliphatic carbocycles. The second kappa shape index (κ2) is 5.75. The first-order valence-electron chi connectivity index (χ1n) is 6.45. The molecule has 5 heteroatoms. The lowest BCUT2D eigenvalue weighted by Gasteiger charge is -2.28. The molecule has 106 valence electrons. The molecule has 1 aromatic carbocycles. The number of rotatable bonds is 4. The minimum atomic E-state index is -0.846. The smallest absolute Gasteiger partial charge is 0.124 e. The van der Waals surface area contributed by atoms with Gasteiger partial charge >= 0.3 is 0 Å². The number of aliphatic hydroxyl groups is 1. The molecule has 0 spiro atoms. The molecule has 3 atom stereocenters. The molecule has 2 N–H and O–H groups in total. The summed E-state index contributed by atoms with van der Waals surface area (Å²) in [5.74, 6) is -0.350. The fourth-order valence-electron chi connectivity index (χ4n) is 2.30. The Labute approximate surface area is 117 Å². The van der Waals surface area contributed by atoms with Gasteiger partial charge in [0.15, 0.2) is 0 Å². The van der Waals surface area contributed by atoms with Crippen molar-refractivity contribution in [1.82, 2.24) is 5.32 Å². The maximum atomic E-state index is 13.0. The topological polar surface area (TPSA) is 41.5 Å². The molecular weight excluding hydrogens is 269 g/mol. The molecular formula is C14H19ClFNO2. The average molecular weight is 288 g/mol. The van der Waals surface area contributed by atoms with Gasteiger partial charge in [-0.3, -0.25) is 0 Å². The summed E-state index contributed by atoms with van der Waals surface area (Å²) in [6.45, 7) is 4.79. The van der Waals surface area contributed by atoms with Crippen molar-refractivity contribution in [3.63, 3.8) is 0 Å². The second-order valence-corrected chi connectivity index (χ2v) is 5.54. The maximum absolute atomic E-state index is 13.0. The summed E-state index contributed by atoms with van der Waals surface area (Å²) in [6, 6.07) is 4.28. The van der Waals surface area contributed by atoms with Crippen LogP contribution in [0.3, 0.4) is 0 Å². The van der Waals surface area contributed by atoms with Crippen molar-refractivity contribution in [3.8, 4) is 0 Å². The highest BCUT2D eigenvalue weighted by Crippen LogP contribution is 2.27. The van der Waals surface area contributed by atoms with Crippen LogP contribution in [-0.4, -0.2) is 30.0 Å². The molecule has 0 aromatic heterocycles. The number of halogens is 2. The standard InChI is InChI=1S/C14H19ClFNO2/c1-9(12-4-3-11(16)7-13(12)15)17-8-14(18)5-6-19-10(14)2/h3-4,7,9-10,17-18H,5-6,8H2,1-2H3. The van der Waals surface area contributed by atoms with E-state index in [2.05, 4.69) is 5.32 Å². The van der Waals surface area contributed by atoms with Crippen LogP contribution in [-0.2, 0) is 4.74 Å². The van der Waals surface area contributed by atoms with Crippen LogP contribution in [0.5, 0.6) is 0 Å². The first kappa shape index (κ1) is 14.7. The van der Waals surface area contributed by atoms with Crippen LogP contribution in [0, 0.1) is 5.82 Å². The lowest BCUT2D eigenvalue weighted by Crippen LogP contribution is -2.46. The van der Waals surface area contributed by atoms with Gasteiger partial charge in [0.2, 0.25) is 0 Å². The molecule has 0 saturated carbocycles. The van der Waals surface area contributed by atoms with Crippen molar-refractivity contribution in [2.24, 2.45) is 0 Å². The van der Waals surface area contributed by atoms with E-state index in [1.54, 1.807) is 6.07 Å². The van der Waals surface area contributed by atoms with E-state index in [1.807, 2.05) is 13.8 Å². The molecule has 1 aliphatic heterocycles. The molecule has 19 heavy (non-hydrogen) atoms. The zero-order chi connectivity index (χ0) is 14.0. The number of hydrogen-bond donors (Lipinski definition) is 2. The van der Waals surface area contributed by atoms with Gasteiger partial charge in [0, 0.05) is 30.6 Å². The Bertz CT molecular complexity index is 457. The van der Waals surface area contributed by atoms with Gasteiger partial charge in [-0.05, 0) is 31.5 Å². The number of benzene rings is 1. The molecule has 1 heterocycles. The Morgan fingerprint density at radius 1 is 1.63 bits per heavy atom. The quantitative estimate of drug-likeness (QED) is 0.895. The van der Waals surface area contributed by atoms with E-state index < -0.39 is 5.60 Å². The molecule has 1 aliphatic rings. The van der Waals surface area contributed by atoms with Crippen LogP contribution in [0.15, 0.2) is 18.2 Å². The average Bonchev–Trinajstić information content (AvgIpc) is 2.67. The largest absolute Gasteiger partial charge is 0.386 e. The summed E-state index contributed by atoms with van der Waals surface area (Å²) < 4.78 is 18.4. The van der Waals surface area contributed by atoms with Crippen molar-refractivity contribution >= 4 is 11.6 Å². The van der Waals surface area contributed by atoms with E-state index >= 15 is 0 Å². The van der Waals surface area contributed by atoms with Crippen molar-refractivity contribution in [2.75, 3.05) is 13.2 Å². The van der Waals surface area contributed by atoms with Crippen molar-refractivity contribution in [1.29, 1.82) is 0 Å². The lowest BCUT2D eigenvalue weighted by atomic mass is 9.96. The highest BCUT2D eigenvalue weighted by Gasteiger charge is 2.39. The summed E-state index contributed by atoms with van der Waals surface area (Å²) in [5, 5.41) is 14.0. The Balaban J connectivity index is 1.99. The van der Waals surface area contributed by atoms with Crippen LogP contribution in [0.25, 0.3) is 0 Å². The van der Waals surface area contributed by atoms with E-state index in [1.165, 1.54) is 12.1 Å². The highest BCUT2D eigenvalue weighted by atomic mass is 35.5. The van der Waals surface area contributed by atoms with E-state index in [0.29, 0.717) is 24.6 Å². The van der Waals surface area contributed by atoms with E-state index in [9.17, 15) is 9.50 Å². The lowest BCUT2D eigenvalue weighted by molar-refractivity contribution is -0.0274. The summed E-state index contributed by atoms with van der Waals surface area (Å²) in [7, 11) is 0. The van der Waals surface area contributed by atoms with Gasteiger partial charge < -0.3 is 15.2 Å². The fourth-order valence-corrected chi connectivity index (χ4v) is 2.63. The van der Waals surface area contributed by atoms with E-state index in [4.69, 9.17) is 16.3 Å². The van der Waals surface area contributed by atoms with Crippen molar-refractivity contribution in [3.05, 3.63) is 34.6 Å². The summed E-state index contributed by atoms with van der Waals surface area (Å²) in [4.78, 5) is 0. The van der Waals surface area contributed by atoms with Crippen LogP contribution in [0.1, 0.15) is 31.9 Å². The van der Waals surface area contributed by atoms with Crippen LogP contribution < -0.4 is 5.32 Å². The van der Waals surface area contributed by atoms with Gasteiger partial charge in [-0.15, -0.1) is 0 Å². The minimum Gasteiger partial charge on any atom is -0.386 e. The van der Waals surface area contributed by atoms with Gasteiger partial charge in [-0.2, -0.15) is 0 Å². The van der Waals surface area contributed by atoms with E-state index in [0.717, 1.165) is 5.56 Å². The maximum Gasteiger partial charge on any atom is 0.124 e. The number of hydrogen-bond acceptors (Lipinski definition) is 3. The monoisotopic (exact) mass is 287 g/mol. The molecule has 2 rings (SSSR count). The molecule has 0 radical (unpaired) electrons.